The average Bonchev–Trinajstić information content (AvgIpc) is 3.39. The van der Waals surface area contributed by atoms with Crippen molar-refractivity contribution in [2.24, 2.45) is 0 Å². The fraction of sp³-hybridized carbons (Fsp3) is 0.286. The number of aromatic nitrogens is 1. The Hall–Kier alpha value is -2.16. The van der Waals surface area contributed by atoms with E-state index in [1.165, 1.54) is 10.4 Å². The first-order chi connectivity index (χ1) is 14.0. The first-order valence-electron chi connectivity index (χ1n) is 9.60. The van der Waals surface area contributed by atoms with Gasteiger partial charge in [0.2, 0.25) is 10.0 Å². The van der Waals surface area contributed by atoms with Crippen LogP contribution in [0.3, 0.4) is 0 Å². The summed E-state index contributed by atoms with van der Waals surface area (Å²) in [5.41, 5.74) is 2.52. The maximum absolute atomic E-state index is 12.8. The van der Waals surface area contributed by atoms with Gasteiger partial charge in [-0.3, -0.25) is 4.79 Å². The first-order valence-corrected chi connectivity index (χ1v) is 11.8. The van der Waals surface area contributed by atoms with E-state index >= 15 is 0 Å². The van der Waals surface area contributed by atoms with Crippen molar-refractivity contribution in [3.8, 4) is 0 Å². The van der Waals surface area contributed by atoms with Crippen LogP contribution in [-0.4, -0.2) is 43.2 Å². The van der Waals surface area contributed by atoms with Gasteiger partial charge in [-0.05, 0) is 65.0 Å². The number of halogens is 1. The highest BCUT2D eigenvalue weighted by molar-refractivity contribution is 9.10. The number of benzene rings is 2. The molecular weight excluding hydrogens is 454 g/mol. The summed E-state index contributed by atoms with van der Waals surface area (Å²) >= 11 is 3.37. The first kappa shape index (κ1) is 20.1. The molecule has 4 rings (SSSR count). The third kappa shape index (κ3) is 4.10. The minimum absolute atomic E-state index is 0.157. The van der Waals surface area contributed by atoms with Crippen molar-refractivity contribution in [3.63, 3.8) is 0 Å². The smallest absolute Gasteiger partial charge is 0.252 e. The number of H-pyrrole nitrogens is 1. The second-order valence-electron chi connectivity index (χ2n) is 7.12. The molecule has 1 aliphatic rings. The third-order valence-corrected chi connectivity index (χ3v) is 7.83. The van der Waals surface area contributed by atoms with Crippen LogP contribution in [-0.2, 0) is 16.4 Å². The Morgan fingerprint density at radius 2 is 1.90 bits per heavy atom. The lowest BCUT2D eigenvalue weighted by Gasteiger charge is -2.16. The number of amides is 1. The Morgan fingerprint density at radius 3 is 2.69 bits per heavy atom. The molecular formula is C21H22BrN3O3S. The SMILES string of the molecule is O=C(NCCc1c[nH]c2ccccc12)c1cc(S(=O)(=O)N2CCCC2)ccc1Br. The Bertz CT molecular complexity index is 1150. The summed E-state index contributed by atoms with van der Waals surface area (Å²) in [4.78, 5) is 16.1. The van der Waals surface area contributed by atoms with E-state index in [-0.39, 0.29) is 10.8 Å². The summed E-state index contributed by atoms with van der Waals surface area (Å²) < 4.78 is 27.6. The van der Waals surface area contributed by atoms with Crippen LogP contribution in [0, 0.1) is 0 Å². The van der Waals surface area contributed by atoms with E-state index in [0.717, 1.165) is 29.3 Å². The topological polar surface area (TPSA) is 82.3 Å². The zero-order valence-electron chi connectivity index (χ0n) is 15.8. The fourth-order valence-electron chi connectivity index (χ4n) is 3.66. The Balaban J connectivity index is 1.47. The summed E-state index contributed by atoms with van der Waals surface area (Å²) in [5, 5.41) is 4.04. The molecule has 0 aliphatic carbocycles. The van der Waals surface area contributed by atoms with Gasteiger partial charge < -0.3 is 10.3 Å². The molecule has 0 saturated carbocycles. The van der Waals surface area contributed by atoms with Crippen molar-refractivity contribution in [3.05, 3.63) is 64.3 Å². The maximum Gasteiger partial charge on any atom is 0.252 e. The van der Waals surface area contributed by atoms with Gasteiger partial charge in [-0.15, -0.1) is 0 Å². The van der Waals surface area contributed by atoms with Gasteiger partial charge in [0.25, 0.3) is 5.91 Å². The zero-order valence-corrected chi connectivity index (χ0v) is 18.2. The lowest BCUT2D eigenvalue weighted by Crippen LogP contribution is -2.29. The molecule has 1 saturated heterocycles. The van der Waals surface area contributed by atoms with E-state index < -0.39 is 10.0 Å². The third-order valence-electron chi connectivity index (χ3n) is 5.24. The largest absolute Gasteiger partial charge is 0.361 e. The van der Waals surface area contributed by atoms with Crippen LogP contribution in [0.25, 0.3) is 10.9 Å². The van der Waals surface area contributed by atoms with Crippen LogP contribution in [0.5, 0.6) is 0 Å². The molecule has 2 N–H and O–H groups in total. The van der Waals surface area contributed by atoms with E-state index in [9.17, 15) is 13.2 Å². The van der Waals surface area contributed by atoms with Crippen molar-refractivity contribution >= 4 is 42.8 Å². The van der Waals surface area contributed by atoms with E-state index in [1.807, 2.05) is 30.5 Å². The molecule has 1 aromatic heterocycles. The van der Waals surface area contributed by atoms with Crippen LogP contribution >= 0.6 is 15.9 Å². The Labute approximate surface area is 178 Å². The summed E-state index contributed by atoms with van der Waals surface area (Å²) in [5.74, 6) is -0.296. The standard InChI is InChI=1S/C21H22BrN3O3S/c22-19-8-7-16(29(27,28)25-11-3-4-12-25)13-18(19)21(26)23-10-9-15-14-24-20-6-2-1-5-17(15)20/h1-2,5-8,13-14,24H,3-4,9-12H2,(H,23,26). The van der Waals surface area contributed by atoms with E-state index in [0.29, 0.717) is 36.1 Å². The normalized spacial score (nSPS) is 15.1. The number of carbonyl (C=O) groups excluding carboxylic acids is 1. The summed E-state index contributed by atoms with van der Waals surface area (Å²) in [6.45, 7) is 1.52. The summed E-state index contributed by atoms with van der Waals surface area (Å²) in [7, 11) is -3.56. The highest BCUT2D eigenvalue weighted by Crippen LogP contribution is 2.25. The fourth-order valence-corrected chi connectivity index (χ4v) is 5.63. The molecule has 152 valence electrons. The number of carbonyl (C=O) groups is 1. The van der Waals surface area contributed by atoms with Crippen LogP contribution in [0.4, 0.5) is 0 Å². The quantitative estimate of drug-likeness (QED) is 0.570. The molecule has 0 spiro atoms. The lowest BCUT2D eigenvalue weighted by atomic mass is 10.1. The number of nitrogens with one attached hydrogen (secondary N) is 2. The second-order valence-corrected chi connectivity index (χ2v) is 9.91. The number of fused-ring (bicyclic) bond motifs is 1. The molecule has 2 heterocycles. The van der Waals surface area contributed by atoms with Gasteiger partial charge in [-0.2, -0.15) is 4.31 Å². The van der Waals surface area contributed by atoms with Gasteiger partial charge in [0.1, 0.15) is 0 Å². The van der Waals surface area contributed by atoms with E-state index in [4.69, 9.17) is 0 Å². The monoisotopic (exact) mass is 475 g/mol. The van der Waals surface area contributed by atoms with Crippen molar-refractivity contribution < 1.29 is 13.2 Å². The number of para-hydroxylation sites is 1. The predicted molar refractivity (Wildman–Crippen MR) is 116 cm³/mol. The van der Waals surface area contributed by atoms with Crippen LogP contribution in [0.2, 0.25) is 0 Å². The summed E-state index contributed by atoms with van der Waals surface area (Å²) in [6, 6.07) is 12.6. The molecule has 0 radical (unpaired) electrons. The van der Waals surface area contributed by atoms with Crippen LogP contribution < -0.4 is 5.32 Å². The molecule has 1 amide bonds. The average molecular weight is 476 g/mol. The van der Waals surface area contributed by atoms with Crippen molar-refractivity contribution in [2.45, 2.75) is 24.2 Å². The molecule has 8 heteroatoms. The van der Waals surface area contributed by atoms with Gasteiger partial charge in [-0.1, -0.05) is 18.2 Å². The molecule has 1 aliphatic heterocycles. The highest BCUT2D eigenvalue weighted by Gasteiger charge is 2.28. The van der Waals surface area contributed by atoms with Gasteiger partial charge >= 0.3 is 0 Å². The molecule has 0 unspecified atom stereocenters. The Kier molecular flexibility index (Phi) is 5.76. The molecule has 0 bridgehead atoms. The van der Waals surface area contributed by atoms with Crippen LogP contribution in [0.1, 0.15) is 28.8 Å². The second kappa shape index (κ2) is 8.30. The van der Waals surface area contributed by atoms with E-state index in [2.05, 4.69) is 26.2 Å². The number of hydrogen-bond acceptors (Lipinski definition) is 3. The Morgan fingerprint density at radius 1 is 1.14 bits per heavy atom. The maximum atomic E-state index is 12.8. The number of sulfonamides is 1. The van der Waals surface area contributed by atoms with Gasteiger partial charge in [0.15, 0.2) is 0 Å². The van der Waals surface area contributed by atoms with E-state index in [1.54, 1.807) is 12.1 Å². The zero-order chi connectivity index (χ0) is 20.4. The van der Waals surface area contributed by atoms with Crippen molar-refractivity contribution in [1.29, 1.82) is 0 Å². The number of rotatable bonds is 6. The molecule has 29 heavy (non-hydrogen) atoms. The molecule has 2 aromatic carbocycles. The summed E-state index contributed by atoms with van der Waals surface area (Å²) in [6.07, 6.45) is 4.38. The number of hydrogen-bond donors (Lipinski definition) is 2. The van der Waals surface area contributed by atoms with Crippen molar-refractivity contribution in [1.82, 2.24) is 14.6 Å². The van der Waals surface area contributed by atoms with Gasteiger partial charge in [0, 0.05) is 41.2 Å². The number of aromatic amines is 1. The predicted octanol–water partition coefficient (Wildman–Crippen LogP) is 3.69. The van der Waals surface area contributed by atoms with Crippen molar-refractivity contribution in [2.75, 3.05) is 19.6 Å². The highest BCUT2D eigenvalue weighted by atomic mass is 79.9. The van der Waals surface area contributed by atoms with Gasteiger partial charge in [0.05, 0.1) is 10.5 Å². The molecule has 0 atom stereocenters. The minimum atomic E-state index is -3.56. The molecule has 6 nitrogen and oxygen atoms in total. The minimum Gasteiger partial charge on any atom is -0.361 e. The number of nitrogens with zero attached hydrogens (tertiary/aromatic N) is 1. The lowest BCUT2D eigenvalue weighted by molar-refractivity contribution is 0.0953. The van der Waals surface area contributed by atoms with Crippen LogP contribution in [0.15, 0.2) is 58.0 Å². The van der Waals surface area contributed by atoms with Gasteiger partial charge in [-0.25, -0.2) is 8.42 Å². The molecule has 1 fully saturated rings. The molecule has 3 aromatic rings.